The molecule has 1 fully saturated rings. The van der Waals surface area contributed by atoms with Crippen molar-refractivity contribution in [1.29, 1.82) is 0 Å². The Bertz CT molecular complexity index is 129. The molecule has 2 nitrogen and oxygen atoms in total. The van der Waals surface area contributed by atoms with Crippen LogP contribution >= 0.6 is 0 Å². The maximum absolute atomic E-state index is 11.0. The molecule has 0 spiro atoms. The summed E-state index contributed by atoms with van der Waals surface area (Å²) < 4.78 is 0. The summed E-state index contributed by atoms with van der Waals surface area (Å²) in [5, 5.41) is 0. The van der Waals surface area contributed by atoms with Gasteiger partial charge in [0.25, 0.3) is 0 Å². The molecule has 1 aliphatic rings. The van der Waals surface area contributed by atoms with Gasteiger partial charge in [0.15, 0.2) is 0 Å². The summed E-state index contributed by atoms with van der Waals surface area (Å²) in [4.78, 5) is 11.0. The fourth-order valence-electron chi connectivity index (χ4n) is 1.11. The van der Waals surface area contributed by atoms with E-state index in [-0.39, 0.29) is 11.8 Å². The molecule has 0 aromatic rings. The Morgan fingerprint density at radius 2 is 2.30 bits per heavy atom. The monoisotopic (exact) mass is 141 g/mol. The number of carbonyl (C=O) groups is 1. The van der Waals surface area contributed by atoms with Crippen LogP contribution in [-0.4, -0.2) is 11.8 Å². The van der Waals surface area contributed by atoms with Gasteiger partial charge in [0, 0.05) is 6.42 Å². The van der Waals surface area contributed by atoms with Crippen molar-refractivity contribution in [1.82, 2.24) is 0 Å². The molecule has 0 radical (unpaired) electrons. The Balaban J connectivity index is 2.18. The maximum atomic E-state index is 11.0. The van der Waals surface area contributed by atoms with Crippen LogP contribution in [0.25, 0.3) is 0 Å². The van der Waals surface area contributed by atoms with Gasteiger partial charge in [0.05, 0.1) is 6.04 Å². The van der Waals surface area contributed by atoms with Crippen molar-refractivity contribution in [2.45, 2.75) is 38.6 Å². The molecular weight excluding hydrogens is 126 g/mol. The van der Waals surface area contributed by atoms with Crippen molar-refractivity contribution in [2.75, 3.05) is 0 Å². The highest BCUT2D eigenvalue weighted by Gasteiger charge is 2.25. The largest absolute Gasteiger partial charge is 0.322 e. The molecule has 0 saturated heterocycles. The molecule has 0 bridgehead atoms. The Morgan fingerprint density at radius 1 is 1.70 bits per heavy atom. The molecule has 0 aliphatic heterocycles. The Morgan fingerprint density at radius 3 is 2.70 bits per heavy atom. The van der Waals surface area contributed by atoms with Crippen LogP contribution in [-0.2, 0) is 4.79 Å². The second-order valence-corrected chi connectivity index (χ2v) is 3.11. The van der Waals surface area contributed by atoms with Crippen LogP contribution in [0, 0.1) is 5.92 Å². The third-order valence-electron chi connectivity index (χ3n) is 2.05. The van der Waals surface area contributed by atoms with Crippen LogP contribution in [0.1, 0.15) is 32.6 Å². The SMILES string of the molecule is CCC(=O)C(N)CC1CC1. The average Bonchev–Trinajstić information content (AvgIpc) is 2.70. The van der Waals surface area contributed by atoms with Crippen LogP contribution in [0.15, 0.2) is 0 Å². The Hall–Kier alpha value is -0.370. The summed E-state index contributed by atoms with van der Waals surface area (Å²) in [6.45, 7) is 1.87. The summed E-state index contributed by atoms with van der Waals surface area (Å²) in [6.07, 6.45) is 4.08. The van der Waals surface area contributed by atoms with Crippen LogP contribution < -0.4 is 5.73 Å². The first kappa shape index (κ1) is 7.73. The van der Waals surface area contributed by atoms with Crippen molar-refractivity contribution in [2.24, 2.45) is 11.7 Å². The minimum atomic E-state index is -0.169. The van der Waals surface area contributed by atoms with Gasteiger partial charge in [0.1, 0.15) is 5.78 Å². The van der Waals surface area contributed by atoms with E-state index in [2.05, 4.69) is 0 Å². The van der Waals surface area contributed by atoms with Gasteiger partial charge in [-0.15, -0.1) is 0 Å². The molecule has 1 saturated carbocycles. The zero-order valence-electron chi connectivity index (χ0n) is 6.47. The van der Waals surface area contributed by atoms with Gasteiger partial charge in [-0.3, -0.25) is 4.79 Å². The molecule has 1 rings (SSSR count). The topological polar surface area (TPSA) is 43.1 Å². The molecule has 1 unspecified atom stereocenters. The molecular formula is C8H15NO. The minimum Gasteiger partial charge on any atom is -0.322 e. The predicted octanol–water partition coefficient (Wildman–Crippen LogP) is 1.09. The maximum Gasteiger partial charge on any atom is 0.149 e. The highest BCUT2D eigenvalue weighted by Crippen LogP contribution is 2.33. The van der Waals surface area contributed by atoms with E-state index in [1.165, 1.54) is 12.8 Å². The number of carbonyl (C=O) groups excluding carboxylic acids is 1. The quantitative estimate of drug-likeness (QED) is 0.637. The summed E-state index contributed by atoms with van der Waals surface area (Å²) in [5.41, 5.74) is 5.62. The molecule has 0 heterocycles. The lowest BCUT2D eigenvalue weighted by Crippen LogP contribution is -2.30. The van der Waals surface area contributed by atoms with E-state index in [1.807, 2.05) is 6.92 Å². The van der Waals surface area contributed by atoms with Gasteiger partial charge in [0.2, 0.25) is 0 Å². The van der Waals surface area contributed by atoms with Gasteiger partial charge in [-0.25, -0.2) is 0 Å². The molecule has 2 heteroatoms. The second kappa shape index (κ2) is 3.15. The molecule has 58 valence electrons. The highest BCUT2D eigenvalue weighted by atomic mass is 16.1. The predicted molar refractivity (Wildman–Crippen MR) is 40.6 cm³/mol. The molecule has 0 aromatic heterocycles. The third-order valence-corrected chi connectivity index (χ3v) is 2.05. The molecule has 1 atom stereocenters. The summed E-state index contributed by atoms with van der Waals surface area (Å²) >= 11 is 0. The zero-order chi connectivity index (χ0) is 7.56. The van der Waals surface area contributed by atoms with E-state index in [0.717, 1.165) is 12.3 Å². The lowest BCUT2D eigenvalue weighted by atomic mass is 10.1. The van der Waals surface area contributed by atoms with Gasteiger partial charge >= 0.3 is 0 Å². The van der Waals surface area contributed by atoms with Crippen LogP contribution in [0.4, 0.5) is 0 Å². The first-order valence-electron chi connectivity index (χ1n) is 4.02. The van der Waals surface area contributed by atoms with Crippen molar-refractivity contribution >= 4 is 5.78 Å². The van der Waals surface area contributed by atoms with E-state index >= 15 is 0 Å². The normalized spacial score (nSPS) is 20.6. The fourth-order valence-corrected chi connectivity index (χ4v) is 1.11. The van der Waals surface area contributed by atoms with E-state index in [9.17, 15) is 4.79 Å². The number of nitrogens with two attached hydrogens (primary N) is 1. The number of rotatable bonds is 4. The minimum absolute atomic E-state index is 0.169. The summed E-state index contributed by atoms with van der Waals surface area (Å²) in [5.74, 6) is 0.984. The Kier molecular flexibility index (Phi) is 2.44. The first-order chi connectivity index (χ1) is 4.74. The lowest BCUT2D eigenvalue weighted by molar-refractivity contribution is -0.120. The summed E-state index contributed by atoms with van der Waals surface area (Å²) in [7, 11) is 0. The van der Waals surface area contributed by atoms with E-state index in [0.29, 0.717) is 6.42 Å². The molecule has 0 aromatic carbocycles. The van der Waals surface area contributed by atoms with Crippen molar-refractivity contribution in [3.63, 3.8) is 0 Å². The van der Waals surface area contributed by atoms with E-state index in [4.69, 9.17) is 5.73 Å². The number of ketones is 1. The number of Topliss-reactive ketones (excluding diaryl/α,β-unsaturated/α-hetero) is 1. The highest BCUT2D eigenvalue weighted by molar-refractivity contribution is 5.83. The van der Waals surface area contributed by atoms with Crippen LogP contribution in [0.2, 0.25) is 0 Å². The van der Waals surface area contributed by atoms with Gasteiger partial charge in [-0.1, -0.05) is 19.8 Å². The Labute approximate surface area is 61.8 Å². The van der Waals surface area contributed by atoms with Crippen molar-refractivity contribution in [3.8, 4) is 0 Å². The third kappa shape index (κ3) is 2.10. The molecule has 10 heavy (non-hydrogen) atoms. The van der Waals surface area contributed by atoms with Gasteiger partial charge in [-0.05, 0) is 12.3 Å². The fraction of sp³-hybridized carbons (Fsp3) is 0.875. The van der Waals surface area contributed by atoms with E-state index in [1.54, 1.807) is 0 Å². The molecule has 2 N–H and O–H groups in total. The zero-order valence-corrected chi connectivity index (χ0v) is 6.47. The van der Waals surface area contributed by atoms with Crippen molar-refractivity contribution in [3.05, 3.63) is 0 Å². The average molecular weight is 141 g/mol. The van der Waals surface area contributed by atoms with Crippen LogP contribution in [0.5, 0.6) is 0 Å². The molecule has 0 amide bonds. The van der Waals surface area contributed by atoms with Crippen molar-refractivity contribution < 1.29 is 4.79 Å². The lowest BCUT2D eigenvalue weighted by Gasteiger charge is -2.06. The smallest absolute Gasteiger partial charge is 0.149 e. The first-order valence-corrected chi connectivity index (χ1v) is 4.02. The number of hydrogen-bond donors (Lipinski definition) is 1. The molecule has 1 aliphatic carbocycles. The summed E-state index contributed by atoms with van der Waals surface area (Å²) in [6, 6.07) is -0.169. The van der Waals surface area contributed by atoms with E-state index < -0.39 is 0 Å². The van der Waals surface area contributed by atoms with Crippen LogP contribution in [0.3, 0.4) is 0 Å². The van der Waals surface area contributed by atoms with Gasteiger partial charge in [-0.2, -0.15) is 0 Å². The number of hydrogen-bond acceptors (Lipinski definition) is 2. The standard InChI is InChI=1S/C8H15NO/c1-2-8(10)7(9)5-6-3-4-6/h6-7H,2-5,9H2,1H3. The second-order valence-electron chi connectivity index (χ2n) is 3.11. The van der Waals surface area contributed by atoms with Gasteiger partial charge < -0.3 is 5.73 Å².